The predicted octanol–water partition coefficient (Wildman–Crippen LogP) is 1.41. The average molecular weight is 657 g/mol. The Balaban J connectivity index is 0.960. The maximum absolute atomic E-state index is 10.8. The maximum atomic E-state index is 10.8. The minimum atomic E-state index is -1.64. The normalized spacial score (nSPS) is 30.0. The van der Waals surface area contributed by atoms with E-state index in [9.17, 15) is 30.6 Å². The number of nitrogens with zero attached hydrogens (tertiary/aromatic N) is 2. The summed E-state index contributed by atoms with van der Waals surface area (Å²) in [6, 6.07) is 14.3. The highest BCUT2D eigenvalue weighted by atomic mass is 16.7. The highest BCUT2D eigenvalue weighted by molar-refractivity contribution is 6.12. The van der Waals surface area contributed by atoms with Crippen molar-refractivity contribution >= 4 is 32.8 Å². The first-order valence-electron chi connectivity index (χ1n) is 16.1. The highest BCUT2D eigenvalue weighted by Crippen LogP contribution is 2.35. The van der Waals surface area contributed by atoms with Crippen molar-refractivity contribution in [3.63, 3.8) is 0 Å². The van der Waals surface area contributed by atoms with E-state index in [4.69, 9.17) is 28.7 Å². The summed E-state index contributed by atoms with van der Waals surface area (Å²) < 4.78 is 30.9. The molecule has 47 heavy (non-hydrogen) atoms. The van der Waals surface area contributed by atoms with Gasteiger partial charge in [0.05, 0.1) is 37.0 Å². The number of ether oxygens (including phenoxy) is 5. The van der Waals surface area contributed by atoms with Crippen LogP contribution >= 0.6 is 0 Å². The minimum absolute atomic E-state index is 0.0448. The van der Waals surface area contributed by atoms with Gasteiger partial charge >= 0.3 is 0 Å². The van der Waals surface area contributed by atoms with Crippen LogP contribution in [0, 0.1) is 6.92 Å². The second-order valence-electron chi connectivity index (χ2n) is 12.4. The fourth-order valence-electron chi connectivity index (χ4n) is 6.60. The van der Waals surface area contributed by atoms with Gasteiger partial charge in [0.1, 0.15) is 48.0 Å². The van der Waals surface area contributed by atoms with E-state index >= 15 is 0 Å². The van der Waals surface area contributed by atoms with Crippen molar-refractivity contribution in [1.29, 1.82) is 0 Å². The number of unbranched alkanes of at least 4 members (excludes halogenated alkanes) is 2. The second kappa shape index (κ2) is 14.7. The first-order valence-corrected chi connectivity index (χ1v) is 16.1. The van der Waals surface area contributed by atoms with E-state index in [1.54, 1.807) is 0 Å². The van der Waals surface area contributed by atoms with E-state index in [1.165, 1.54) is 5.56 Å². The van der Waals surface area contributed by atoms with Crippen molar-refractivity contribution in [3.8, 4) is 5.75 Å². The van der Waals surface area contributed by atoms with E-state index in [0.717, 1.165) is 57.9 Å². The first kappa shape index (κ1) is 33.9. The molecule has 2 fully saturated rings. The molecule has 4 heterocycles. The summed E-state index contributed by atoms with van der Waals surface area (Å²) in [6.45, 7) is 1.93. The fourth-order valence-corrected chi connectivity index (χ4v) is 6.60. The third kappa shape index (κ3) is 6.83. The Hall–Kier alpha value is -2.95. The van der Waals surface area contributed by atoms with Crippen molar-refractivity contribution < 1.29 is 54.3 Å². The molecule has 0 amide bonds. The van der Waals surface area contributed by atoms with E-state index in [-0.39, 0.29) is 6.42 Å². The summed E-state index contributed by atoms with van der Waals surface area (Å²) in [7, 11) is 2.04. The Kier molecular flexibility index (Phi) is 10.6. The average Bonchev–Trinajstić information content (AvgIpc) is 3.35. The minimum Gasteiger partial charge on any atom is -0.494 e. The van der Waals surface area contributed by atoms with Crippen LogP contribution in [0.2, 0.25) is 0 Å². The molecule has 0 bridgehead atoms. The summed E-state index contributed by atoms with van der Waals surface area (Å²) >= 11 is 0. The molecule has 2 aromatic heterocycles. The summed E-state index contributed by atoms with van der Waals surface area (Å²) in [6.07, 6.45) is -9.02. The molecule has 0 unspecified atom stereocenters. The molecule has 6 N–H and O–H groups in total. The van der Waals surface area contributed by atoms with Gasteiger partial charge in [-0.2, -0.15) is 0 Å². The number of hydrogen-bond donors (Lipinski definition) is 6. The van der Waals surface area contributed by atoms with Crippen LogP contribution in [0.3, 0.4) is 0 Å². The summed E-state index contributed by atoms with van der Waals surface area (Å²) in [4.78, 5) is 4.93. The third-order valence-corrected chi connectivity index (χ3v) is 9.24. The van der Waals surface area contributed by atoms with Gasteiger partial charge in [0.25, 0.3) is 0 Å². The Morgan fingerprint density at radius 2 is 1.64 bits per heavy atom. The van der Waals surface area contributed by atoms with Crippen molar-refractivity contribution in [2.75, 3.05) is 26.4 Å². The Morgan fingerprint density at radius 1 is 0.872 bits per heavy atom. The van der Waals surface area contributed by atoms with Gasteiger partial charge in [-0.15, -0.1) is 0 Å². The highest BCUT2D eigenvalue weighted by Gasteiger charge is 2.48. The van der Waals surface area contributed by atoms with Crippen LogP contribution in [-0.2, 0) is 26.0 Å². The van der Waals surface area contributed by atoms with Crippen LogP contribution in [0.5, 0.6) is 5.75 Å². The zero-order valence-corrected chi connectivity index (χ0v) is 26.5. The maximum Gasteiger partial charge on any atom is 0.187 e. The van der Waals surface area contributed by atoms with Gasteiger partial charge < -0.3 is 58.9 Å². The lowest BCUT2D eigenvalue weighted by atomic mass is 9.98. The van der Waals surface area contributed by atoms with Crippen LogP contribution in [0.15, 0.2) is 42.5 Å². The number of rotatable bonds is 12. The number of aromatic nitrogens is 2. The molecule has 0 aliphatic carbocycles. The van der Waals surface area contributed by atoms with Crippen LogP contribution in [0.1, 0.15) is 31.2 Å². The van der Waals surface area contributed by atoms with E-state index < -0.39 is 68.5 Å². The van der Waals surface area contributed by atoms with Crippen LogP contribution < -0.4 is 4.74 Å². The molecule has 0 radical (unpaired) electrons. The largest absolute Gasteiger partial charge is 0.494 e. The number of aliphatic hydroxyl groups excluding tert-OH is 6. The van der Waals surface area contributed by atoms with Gasteiger partial charge in [0.2, 0.25) is 0 Å². The molecule has 256 valence electrons. The van der Waals surface area contributed by atoms with Gasteiger partial charge in [-0.1, -0.05) is 18.2 Å². The van der Waals surface area contributed by atoms with Crippen molar-refractivity contribution in [2.45, 2.75) is 87.9 Å². The first-order chi connectivity index (χ1) is 22.7. The SMILES string of the molecule is Cc1c2ccccc2nc2c1c1cc(OCCCCCO[C@@H]3C[C@@H](O)[C@H](O[C@@H]4O[C@H](CO)[C@H](O)[C@H](O)[C@H]4O)[C@@H](CO)O3)ccc1n2C. The predicted molar refractivity (Wildman–Crippen MR) is 171 cm³/mol. The van der Waals surface area contributed by atoms with E-state index in [2.05, 4.69) is 29.7 Å². The molecule has 4 aromatic rings. The van der Waals surface area contributed by atoms with Crippen molar-refractivity contribution in [1.82, 2.24) is 9.55 Å². The van der Waals surface area contributed by atoms with Crippen LogP contribution in [0.25, 0.3) is 32.8 Å². The lowest BCUT2D eigenvalue weighted by Gasteiger charge is -2.44. The number of fused-ring (bicyclic) bond motifs is 4. The lowest BCUT2D eigenvalue weighted by molar-refractivity contribution is -0.344. The number of hydrogen-bond acceptors (Lipinski definition) is 12. The standard InChI is InChI=1S/C34H44N2O11/c1-18-20-8-4-5-9-22(20)35-33-28(18)21-14-19(10-11-23(21)36(33)2)43-12-6-3-7-13-44-27-15-24(39)32(26(17-38)45-27)47-34-31(42)30(41)29(40)25(16-37)46-34/h4-5,8-11,14,24-27,29-32,34,37-42H,3,6-7,12-13,15-17H2,1-2H3/t24-,25-,26-,27+,29+,30+,31-,32+,34+/m1/s1. The summed E-state index contributed by atoms with van der Waals surface area (Å²) in [5, 5.41) is 63.7. The molecular weight excluding hydrogens is 612 g/mol. The van der Waals surface area contributed by atoms with Gasteiger partial charge in [-0.25, -0.2) is 4.98 Å². The smallest absolute Gasteiger partial charge is 0.187 e. The second-order valence-corrected chi connectivity index (χ2v) is 12.4. The van der Waals surface area contributed by atoms with Crippen molar-refractivity contribution in [2.24, 2.45) is 7.05 Å². The molecule has 2 aliphatic rings. The zero-order valence-electron chi connectivity index (χ0n) is 26.5. The van der Waals surface area contributed by atoms with Gasteiger partial charge in [-0.3, -0.25) is 0 Å². The van der Waals surface area contributed by atoms with Gasteiger partial charge in [0.15, 0.2) is 12.6 Å². The Bertz CT molecular complexity index is 1660. The number of aryl methyl sites for hydroxylation is 2. The van der Waals surface area contributed by atoms with Crippen LogP contribution in [-0.4, -0.2) is 122 Å². The topological polar surface area (TPSA) is 185 Å². The Morgan fingerprint density at radius 3 is 2.43 bits per heavy atom. The molecule has 13 heteroatoms. The van der Waals surface area contributed by atoms with Gasteiger partial charge in [-0.05, 0) is 56.0 Å². The monoisotopic (exact) mass is 656 g/mol. The van der Waals surface area contributed by atoms with Crippen molar-refractivity contribution in [3.05, 3.63) is 48.0 Å². The molecular formula is C34H44N2O11. The molecule has 2 aliphatic heterocycles. The molecule has 13 nitrogen and oxygen atoms in total. The van der Waals surface area contributed by atoms with Crippen LogP contribution in [0.4, 0.5) is 0 Å². The zero-order chi connectivity index (χ0) is 33.2. The van der Waals surface area contributed by atoms with E-state index in [0.29, 0.717) is 13.2 Å². The third-order valence-electron chi connectivity index (χ3n) is 9.24. The summed E-state index contributed by atoms with van der Waals surface area (Å²) in [5.74, 6) is 0.800. The molecule has 2 saturated heterocycles. The number of pyridine rings is 1. The van der Waals surface area contributed by atoms with Gasteiger partial charge in [0, 0.05) is 36.2 Å². The molecule has 2 aromatic carbocycles. The fraction of sp³-hybridized carbons (Fsp3) is 0.559. The quantitative estimate of drug-likeness (QED) is 0.121. The molecule has 0 saturated carbocycles. The summed E-state index contributed by atoms with van der Waals surface area (Å²) in [5.41, 5.74) is 4.23. The van der Waals surface area contributed by atoms with E-state index in [1.807, 2.05) is 31.3 Å². The Labute approximate surface area is 271 Å². The molecule has 9 atom stereocenters. The molecule has 0 spiro atoms. The number of aliphatic hydroxyl groups is 6. The lowest BCUT2D eigenvalue weighted by Crippen LogP contribution is -2.62. The molecule has 6 rings (SSSR count). The number of para-hydroxylation sites is 1. The number of benzene rings is 2.